The number of urea groups is 1. The molecular weight excluding hydrogens is 362 g/mol. The number of methoxy groups -OCH3 is 2. The van der Waals surface area contributed by atoms with Gasteiger partial charge < -0.3 is 36.1 Å². The maximum absolute atomic E-state index is 9.96. The number of alkyl carbamates (subject to hydrolysis) is 1. The minimum Gasteiger partial charge on any atom is -0.469 e. The number of carbonyl (C=O) groups is 5. The molecule has 0 aromatic rings. The van der Waals surface area contributed by atoms with E-state index in [-0.39, 0.29) is 23.8 Å². The molecule has 0 bridgehead atoms. The van der Waals surface area contributed by atoms with Crippen molar-refractivity contribution in [3.63, 3.8) is 0 Å². The lowest BCUT2D eigenvalue weighted by atomic mass is 10.7. The van der Waals surface area contributed by atoms with E-state index in [1.807, 2.05) is 0 Å². The SMILES string of the molecule is CNC(=O)NC.CNC(=O)OC.CNC(C)=O.CNC(C)=O.COC(C)=O. The van der Waals surface area contributed by atoms with Crippen LogP contribution in [0.25, 0.3) is 0 Å². The second-order valence-corrected chi connectivity index (χ2v) is 3.88. The van der Waals surface area contributed by atoms with Crippen molar-refractivity contribution in [2.45, 2.75) is 20.8 Å². The molecule has 0 aliphatic heterocycles. The molecule has 0 heterocycles. The summed E-state index contributed by atoms with van der Waals surface area (Å²) >= 11 is 0. The molecule has 0 spiro atoms. The normalized spacial score (nSPS) is 6.89. The lowest BCUT2D eigenvalue weighted by molar-refractivity contribution is -0.138. The summed E-state index contributed by atoms with van der Waals surface area (Å²) in [5, 5.41) is 11.8. The molecule has 0 radical (unpaired) electrons. The molecule has 0 aliphatic carbocycles. The molecule has 162 valence electrons. The van der Waals surface area contributed by atoms with Crippen LogP contribution in [-0.4, -0.2) is 79.4 Å². The summed E-state index contributed by atoms with van der Waals surface area (Å²) in [5.74, 6) is -0.236. The summed E-state index contributed by atoms with van der Waals surface area (Å²) in [6, 6.07) is -0.157. The average molecular weight is 397 g/mol. The van der Waals surface area contributed by atoms with Crippen LogP contribution in [0.1, 0.15) is 20.8 Å². The number of amides is 5. The van der Waals surface area contributed by atoms with Crippen molar-refractivity contribution < 1.29 is 33.4 Å². The summed E-state index contributed by atoms with van der Waals surface area (Å²) < 4.78 is 8.26. The molecule has 5 N–H and O–H groups in total. The van der Waals surface area contributed by atoms with Crippen LogP contribution in [0.15, 0.2) is 0 Å². The third-order valence-corrected chi connectivity index (χ3v) is 1.84. The Labute approximate surface area is 161 Å². The van der Waals surface area contributed by atoms with Crippen LogP contribution < -0.4 is 26.6 Å². The van der Waals surface area contributed by atoms with Crippen LogP contribution in [0.3, 0.4) is 0 Å². The monoisotopic (exact) mass is 397 g/mol. The van der Waals surface area contributed by atoms with E-state index < -0.39 is 6.09 Å². The lowest BCUT2D eigenvalue weighted by Gasteiger charge is -1.91. The Bertz CT molecular complexity index is 343. The first kappa shape index (κ1) is 35.1. The minimum absolute atomic E-state index is 0.00463. The number of rotatable bonds is 0. The number of hydrogen-bond donors (Lipinski definition) is 5. The molecule has 27 heavy (non-hydrogen) atoms. The van der Waals surface area contributed by atoms with Gasteiger partial charge in [-0.1, -0.05) is 0 Å². The second-order valence-electron chi connectivity index (χ2n) is 3.88. The highest BCUT2D eigenvalue weighted by Gasteiger charge is 1.85. The molecule has 0 aromatic heterocycles. The van der Waals surface area contributed by atoms with Gasteiger partial charge in [0, 0.05) is 56.0 Å². The van der Waals surface area contributed by atoms with Gasteiger partial charge in [0.05, 0.1) is 14.2 Å². The van der Waals surface area contributed by atoms with Gasteiger partial charge in [0.1, 0.15) is 0 Å². The van der Waals surface area contributed by atoms with Crippen molar-refractivity contribution in [3.05, 3.63) is 0 Å². The number of carbonyl (C=O) groups excluding carboxylic acids is 5. The lowest BCUT2D eigenvalue weighted by Crippen LogP contribution is -2.28. The van der Waals surface area contributed by atoms with E-state index in [9.17, 15) is 24.0 Å². The highest BCUT2D eigenvalue weighted by molar-refractivity contribution is 5.73. The van der Waals surface area contributed by atoms with Crippen molar-refractivity contribution in [1.82, 2.24) is 26.6 Å². The predicted molar refractivity (Wildman–Crippen MR) is 102 cm³/mol. The van der Waals surface area contributed by atoms with Crippen LogP contribution in [-0.2, 0) is 23.9 Å². The first-order valence-electron chi connectivity index (χ1n) is 7.50. The van der Waals surface area contributed by atoms with E-state index in [0.29, 0.717) is 0 Å². The fourth-order valence-electron chi connectivity index (χ4n) is 0.227. The van der Waals surface area contributed by atoms with Gasteiger partial charge in [-0.15, -0.1) is 0 Å². The van der Waals surface area contributed by atoms with E-state index in [1.54, 1.807) is 28.2 Å². The van der Waals surface area contributed by atoms with Gasteiger partial charge in [0.15, 0.2) is 0 Å². The van der Waals surface area contributed by atoms with Crippen LogP contribution in [0.2, 0.25) is 0 Å². The standard InChI is InChI=1S/C3H8N2O.C3H7NO2.2C3H7NO.C3H6O2/c1-4-3(6)5-2;1-4-3(5)6-2;2*1-3(5)4-2;1-3(4)5-2/h1-2H3,(H2,4,5,6);1-2H3,(H,4,5);2*1-2H3,(H,4,5);1-2H3. The van der Waals surface area contributed by atoms with Gasteiger partial charge in [0.25, 0.3) is 0 Å². The minimum atomic E-state index is -0.407. The molecular formula is C15H35N5O7. The highest BCUT2D eigenvalue weighted by atomic mass is 16.5. The second kappa shape index (κ2) is 30.8. The number of nitrogens with one attached hydrogen (secondary N) is 5. The van der Waals surface area contributed by atoms with Crippen molar-refractivity contribution in [3.8, 4) is 0 Å². The molecule has 0 unspecified atom stereocenters. The highest BCUT2D eigenvalue weighted by Crippen LogP contribution is 1.62. The Hall–Kier alpha value is -3.05. The van der Waals surface area contributed by atoms with Gasteiger partial charge >= 0.3 is 18.1 Å². The maximum atomic E-state index is 9.96. The molecule has 0 rings (SSSR count). The maximum Gasteiger partial charge on any atom is 0.406 e. The fourth-order valence-corrected chi connectivity index (χ4v) is 0.227. The molecule has 0 fully saturated rings. The molecule has 0 saturated carbocycles. The topological polar surface area (TPSA) is 164 Å². The molecule has 0 atom stereocenters. The van der Waals surface area contributed by atoms with Crippen LogP contribution in [0.4, 0.5) is 9.59 Å². The summed E-state index contributed by atoms with van der Waals surface area (Å²) in [6.07, 6.45) is -0.407. The number of esters is 1. The molecule has 0 aliphatic rings. The molecule has 0 saturated heterocycles. The molecule has 12 heteroatoms. The largest absolute Gasteiger partial charge is 0.469 e. The third kappa shape index (κ3) is 84.0. The van der Waals surface area contributed by atoms with Gasteiger partial charge in [-0.3, -0.25) is 14.4 Å². The average Bonchev–Trinajstić information content (AvgIpc) is 2.68. The zero-order valence-electron chi connectivity index (χ0n) is 17.9. The van der Waals surface area contributed by atoms with E-state index >= 15 is 0 Å². The van der Waals surface area contributed by atoms with Gasteiger partial charge in [-0.2, -0.15) is 0 Å². The first-order valence-corrected chi connectivity index (χ1v) is 7.50. The van der Waals surface area contributed by atoms with Crippen molar-refractivity contribution in [2.75, 3.05) is 49.5 Å². The van der Waals surface area contributed by atoms with Gasteiger partial charge in [-0.05, 0) is 0 Å². The smallest absolute Gasteiger partial charge is 0.406 e. The molecule has 5 amide bonds. The van der Waals surface area contributed by atoms with Crippen molar-refractivity contribution >= 4 is 29.9 Å². The Morgan fingerprint density at radius 1 is 0.556 bits per heavy atom. The van der Waals surface area contributed by atoms with E-state index in [4.69, 9.17) is 0 Å². The zero-order valence-corrected chi connectivity index (χ0v) is 17.9. The van der Waals surface area contributed by atoms with Gasteiger partial charge in [0.2, 0.25) is 11.8 Å². The first-order chi connectivity index (χ1) is 12.4. The molecule has 12 nitrogen and oxygen atoms in total. The third-order valence-electron chi connectivity index (χ3n) is 1.84. The van der Waals surface area contributed by atoms with Crippen molar-refractivity contribution in [1.29, 1.82) is 0 Å². The van der Waals surface area contributed by atoms with Crippen molar-refractivity contribution in [2.24, 2.45) is 0 Å². The van der Waals surface area contributed by atoms with E-state index in [0.717, 1.165) is 0 Å². The Kier molecular flexibility index (Phi) is 40.1. The number of ether oxygens (including phenoxy) is 2. The molecule has 0 aromatic carbocycles. The summed E-state index contributed by atoms with van der Waals surface area (Å²) in [6.45, 7) is 4.31. The summed E-state index contributed by atoms with van der Waals surface area (Å²) in [7, 11) is 10.5. The van der Waals surface area contributed by atoms with Gasteiger partial charge in [-0.25, -0.2) is 9.59 Å². The zero-order chi connectivity index (χ0) is 22.8. The van der Waals surface area contributed by atoms with Crippen LogP contribution in [0, 0.1) is 0 Å². The Morgan fingerprint density at radius 3 is 0.815 bits per heavy atom. The van der Waals surface area contributed by atoms with E-state index in [1.165, 1.54) is 42.0 Å². The van der Waals surface area contributed by atoms with Crippen LogP contribution in [0.5, 0.6) is 0 Å². The predicted octanol–water partition coefficient (Wildman–Crippen LogP) is -0.799. The Balaban J connectivity index is -0.0000000749. The fraction of sp³-hybridized carbons (Fsp3) is 0.667. The van der Waals surface area contributed by atoms with E-state index in [2.05, 4.69) is 36.1 Å². The quantitative estimate of drug-likeness (QED) is 0.334. The Morgan fingerprint density at radius 2 is 0.815 bits per heavy atom. The summed E-state index contributed by atoms with van der Waals surface area (Å²) in [5.41, 5.74) is 0. The number of hydrogen-bond acceptors (Lipinski definition) is 7. The van der Waals surface area contributed by atoms with Crippen LogP contribution >= 0.6 is 0 Å². The summed E-state index contributed by atoms with van der Waals surface area (Å²) in [4.78, 5) is 48.8.